The van der Waals surface area contributed by atoms with Crippen LogP contribution in [0.5, 0.6) is 17.2 Å². The molecule has 0 bridgehead atoms. The molecule has 0 saturated heterocycles. The van der Waals surface area contributed by atoms with Gasteiger partial charge in [-0.25, -0.2) is 4.79 Å². The fourth-order valence-corrected chi connectivity index (χ4v) is 2.83. The highest BCUT2D eigenvalue weighted by Crippen LogP contribution is 2.25. The molecule has 0 aromatic heterocycles. The van der Waals surface area contributed by atoms with Crippen molar-refractivity contribution in [2.45, 2.75) is 19.0 Å². The fraction of sp³-hybridized carbons (Fsp3) is 0.316. The molecule has 1 aliphatic rings. The van der Waals surface area contributed by atoms with E-state index in [1.54, 1.807) is 20.3 Å². The van der Waals surface area contributed by atoms with Gasteiger partial charge in [0.2, 0.25) is 0 Å². The quantitative estimate of drug-likeness (QED) is 0.876. The molecule has 0 radical (unpaired) electrons. The van der Waals surface area contributed by atoms with Crippen LogP contribution in [0.2, 0.25) is 0 Å². The number of amides is 2. The summed E-state index contributed by atoms with van der Waals surface area (Å²) < 4.78 is 16.2. The van der Waals surface area contributed by atoms with Crippen molar-refractivity contribution in [2.75, 3.05) is 20.8 Å². The van der Waals surface area contributed by atoms with Gasteiger partial charge in [0, 0.05) is 18.2 Å². The van der Waals surface area contributed by atoms with Crippen molar-refractivity contribution in [3.05, 3.63) is 53.6 Å². The lowest BCUT2D eigenvalue weighted by molar-refractivity contribution is 0.214. The van der Waals surface area contributed by atoms with Crippen molar-refractivity contribution in [1.82, 2.24) is 10.6 Å². The largest absolute Gasteiger partial charge is 0.497 e. The zero-order valence-corrected chi connectivity index (χ0v) is 14.4. The number of rotatable bonds is 5. The van der Waals surface area contributed by atoms with Crippen molar-refractivity contribution in [3.8, 4) is 17.2 Å². The SMILES string of the molecule is COc1ccc(CNC(=O)N[C@@H]2COc3ccccc3C2)c(OC)c1. The van der Waals surface area contributed by atoms with E-state index < -0.39 is 0 Å². The Labute approximate surface area is 147 Å². The van der Waals surface area contributed by atoms with Gasteiger partial charge in [0.05, 0.1) is 20.3 Å². The number of carbonyl (C=O) groups excluding carboxylic acids is 1. The molecule has 132 valence electrons. The third-order valence-electron chi connectivity index (χ3n) is 4.15. The second kappa shape index (κ2) is 7.79. The Morgan fingerprint density at radius 2 is 2.04 bits per heavy atom. The molecule has 0 spiro atoms. The molecule has 2 amide bonds. The summed E-state index contributed by atoms with van der Waals surface area (Å²) in [6, 6.07) is 13.1. The van der Waals surface area contributed by atoms with Gasteiger partial charge in [-0.1, -0.05) is 18.2 Å². The summed E-state index contributed by atoms with van der Waals surface area (Å²) in [7, 11) is 3.19. The van der Waals surface area contributed by atoms with Crippen LogP contribution < -0.4 is 24.8 Å². The Balaban J connectivity index is 1.54. The molecule has 1 atom stereocenters. The van der Waals surface area contributed by atoms with E-state index >= 15 is 0 Å². The molecule has 2 aromatic rings. The van der Waals surface area contributed by atoms with E-state index in [0.29, 0.717) is 24.7 Å². The van der Waals surface area contributed by atoms with E-state index in [1.807, 2.05) is 36.4 Å². The lowest BCUT2D eigenvalue weighted by Crippen LogP contribution is -2.47. The van der Waals surface area contributed by atoms with Gasteiger partial charge in [0.25, 0.3) is 0 Å². The maximum absolute atomic E-state index is 12.2. The van der Waals surface area contributed by atoms with E-state index in [4.69, 9.17) is 14.2 Å². The summed E-state index contributed by atoms with van der Waals surface area (Å²) >= 11 is 0. The average Bonchev–Trinajstić information content (AvgIpc) is 2.66. The Morgan fingerprint density at radius 1 is 1.20 bits per heavy atom. The summed E-state index contributed by atoms with van der Waals surface area (Å²) in [5.41, 5.74) is 1.99. The minimum atomic E-state index is -0.231. The lowest BCUT2D eigenvalue weighted by atomic mass is 10.0. The molecule has 0 saturated carbocycles. The van der Waals surface area contributed by atoms with Crippen molar-refractivity contribution in [2.24, 2.45) is 0 Å². The minimum Gasteiger partial charge on any atom is -0.497 e. The summed E-state index contributed by atoms with van der Waals surface area (Å²) in [6.45, 7) is 0.833. The van der Waals surface area contributed by atoms with Crippen molar-refractivity contribution in [1.29, 1.82) is 0 Å². The number of para-hydroxylation sites is 1. The number of hydrogen-bond donors (Lipinski definition) is 2. The summed E-state index contributed by atoms with van der Waals surface area (Å²) in [4.78, 5) is 12.2. The van der Waals surface area contributed by atoms with Crippen LogP contribution in [0, 0.1) is 0 Å². The number of nitrogens with one attached hydrogen (secondary N) is 2. The third-order valence-corrected chi connectivity index (χ3v) is 4.15. The molecule has 0 unspecified atom stereocenters. The fourth-order valence-electron chi connectivity index (χ4n) is 2.83. The number of methoxy groups -OCH3 is 2. The molecule has 1 aliphatic heterocycles. The van der Waals surface area contributed by atoms with Gasteiger partial charge < -0.3 is 24.8 Å². The first-order valence-corrected chi connectivity index (χ1v) is 8.15. The van der Waals surface area contributed by atoms with Crippen LogP contribution in [0.15, 0.2) is 42.5 Å². The van der Waals surface area contributed by atoms with E-state index in [-0.39, 0.29) is 12.1 Å². The Kier molecular flexibility index (Phi) is 5.28. The van der Waals surface area contributed by atoms with Gasteiger partial charge >= 0.3 is 6.03 Å². The Bertz CT molecular complexity index is 748. The van der Waals surface area contributed by atoms with Gasteiger partial charge in [-0.2, -0.15) is 0 Å². The maximum Gasteiger partial charge on any atom is 0.315 e. The number of carbonyl (C=O) groups is 1. The third kappa shape index (κ3) is 4.15. The van der Waals surface area contributed by atoms with Crippen molar-refractivity contribution < 1.29 is 19.0 Å². The van der Waals surface area contributed by atoms with Gasteiger partial charge in [-0.15, -0.1) is 0 Å². The molecule has 1 heterocycles. The van der Waals surface area contributed by atoms with Gasteiger partial charge in [-0.05, 0) is 30.2 Å². The van der Waals surface area contributed by atoms with Gasteiger partial charge in [0.15, 0.2) is 0 Å². The summed E-state index contributed by atoms with van der Waals surface area (Å²) in [5, 5.41) is 5.81. The summed E-state index contributed by atoms with van der Waals surface area (Å²) in [5.74, 6) is 2.28. The van der Waals surface area contributed by atoms with Crippen LogP contribution in [0.1, 0.15) is 11.1 Å². The first-order valence-electron chi connectivity index (χ1n) is 8.15. The number of benzene rings is 2. The van der Waals surface area contributed by atoms with Crippen LogP contribution in [0.3, 0.4) is 0 Å². The molecular formula is C19H22N2O4. The maximum atomic E-state index is 12.2. The van der Waals surface area contributed by atoms with E-state index in [2.05, 4.69) is 10.6 Å². The minimum absolute atomic E-state index is 0.0485. The summed E-state index contributed by atoms with van der Waals surface area (Å²) in [6.07, 6.45) is 0.759. The van der Waals surface area contributed by atoms with Crippen LogP contribution >= 0.6 is 0 Å². The second-order valence-corrected chi connectivity index (χ2v) is 5.82. The van der Waals surface area contributed by atoms with E-state index in [9.17, 15) is 4.79 Å². The number of ether oxygens (including phenoxy) is 3. The van der Waals surface area contributed by atoms with Crippen LogP contribution in [-0.4, -0.2) is 32.9 Å². The number of urea groups is 1. The standard InChI is InChI=1S/C19H22N2O4/c1-23-16-8-7-14(18(10-16)24-2)11-20-19(22)21-15-9-13-5-3-4-6-17(13)25-12-15/h3-8,10,15H,9,11-12H2,1-2H3,(H2,20,21,22)/t15-/m0/s1. The van der Waals surface area contributed by atoms with Crippen LogP contribution in [-0.2, 0) is 13.0 Å². The highest BCUT2D eigenvalue weighted by molar-refractivity contribution is 5.74. The molecule has 3 rings (SSSR count). The Morgan fingerprint density at radius 3 is 2.84 bits per heavy atom. The van der Waals surface area contributed by atoms with Gasteiger partial charge in [-0.3, -0.25) is 0 Å². The zero-order chi connectivity index (χ0) is 17.6. The van der Waals surface area contributed by atoms with E-state index in [0.717, 1.165) is 23.3 Å². The molecule has 0 fully saturated rings. The predicted octanol–water partition coefficient (Wildman–Crippen LogP) is 2.51. The smallest absolute Gasteiger partial charge is 0.315 e. The van der Waals surface area contributed by atoms with Gasteiger partial charge in [0.1, 0.15) is 23.9 Å². The molecule has 6 heteroatoms. The predicted molar refractivity (Wildman–Crippen MR) is 94.3 cm³/mol. The van der Waals surface area contributed by atoms with Crippen molar-refractivity contribution >= 4 is 6.03 Å². The molecule has 2 aromatic carbocycles. The topological polar surface area (TPSA) is 68.8 Å². The number of hydrogen-bond acceptors (Lipinski definition) is 4. The normalized spacial score (nSPS) is 15.5. The number of fused-ring (bicyclic) bond motifs is 1. The van der Waals surface area contributed by atoms with Crippen molar-refractivity contribution in [3.63, 3.8) is 0 Å². The van der Waals surface area contributed by atoms with E-state index in [1.165, 1.54) is 0 Å². The van der Waals surface area contributed by atoms with Crippen LogP contribution in [0.25, 0.3) is 0 Å². The molecule has 0 aliphatic carbocycles. The van der Waals surface area contributed by atoms with Crippen LogP contribution in [0.4, 0.5) is 4.79 Å². The highest BCUT2D eigenvalue weighted by atomic mass is 16.5. The molecule has 25 heavy (non-hydrogen) atoms. The molecule has 2 N–H and O–H groups in total. The zero-order valence-electron chi connectivity index (χ0n) is 14.4. The highest BCUT2D eigenvalue weighted by Gasteiger charge is 2.21. The lowest BCUT2D eigenvalue weighted by Gasteiger charge is -2.26. The molecule has 6 nitrogen and oxygen atoms in total. The first kappa shape index (κ1) is 17.0. The average molecular weight is 342 g/mol. The Hall–Kier alpha value is -2.89. The molecular weight excluding hydrogens is 320 g/mol. The monoisotopic (exact) mass is 342 g/mol. The first-order chi connectivity index (χ1) is 12.2. The second-order valence-electron chi connectivity index (χ2n) is 5.82.